The molecule has 5 aromatic carbocycles. The van der Waals surface area contributed by atoms with Crippen molar-refractivity contribution in [2.45, 2.75) is 5.88 Å². The van der Waals surface area contributed by atoms with E-state index < -0.39 is 0 Å². The number of nitrogens with zero attached hydrogens (tertiary/aromatic N) is 2. The molecule has 0 aliphatic carbocycles. The molecule has 0 heterocycles. The van der Waals surface area contributed by atoms with Crippen LogP contribution in [0.3, 0.4) is 0 Å². The van der Waals surface area contributed by atoms with Crippen molar-refractivity contribution >= 4 is 34.6 Å². The number of rotatable bonds is 6. The predicted molar refractivity (Wildman–Crippen MR) is 158 cm³/mol. The van der Waals surface area contributed by atoms with Crippen molar-refractivity contribution in [1.82, 2.24) is 0 Å². The van der Waals surface area contributed by atoms with Crippen molar-refractivity contribution in [3.63, 3.8) is 0 Å². The van der Waals surface area contributed by atoms with E-state index in [1.54, 1.807) is 0 Å². The standard InChI is InChI=1S/C33H28ClN3/c1-36(31-18-10-8-16-29(31)26-12-4-2-5-13-26)33(35)37(28-22-20-25(24-34)21-23-28)32-19-11-9-17-30(32)27-14-6-3-7-15-27/h2-23,35H,24H2,1H3. The van der Waals surface area contributed by atoms with E-state index in [0.29, 0.717) is 11.8 Å². The summed E-state index contributed by atoms with van der Waals surface area (Å²) >= 11 is 6.09. The smallest absolute Gasteiger partial charge is 0.207 e. The van der Waals surface area contributed by atoms with Crippen LogP contribution >= 0.6 is 11.6 Å². The number of para-hydroxylation sites is 2. The van der Waals surface area contributed by atoms with E-state index in [0.717, 1.165) is 44.9 Å². The first kappa shape index (κ1) is 24.4. The molecule has 0 atom stereocenters. The summed E-state index contributed by atoms with van der Waals surface area (Å²) in [6.07, 6.45) is 0. The average molecular weight is 502 g/mol. The molecule has 1 N–H and O–H groups in total. The minimum Gasteiger partial charge on any atom is -0.315 e. The molecule has 0 aromatic heterocycles. The highest BCUT2D eigenvalue weighted by Gasteiger charge is 2.23. The third kappa shape index (κ3) is 5.13. The van der Waals surface area contributed by atoms with E-state index in [1.807, 2.05) is 102 Å². The number of guanidine groups is 1. The lowest BCUT2D eigenvalue weighted by molar-refractivity contribution is 1.15. The number of benzene rings is 5. The number of nitrogens with one attached hydrogen (secondary N) is 1. The zero-order chi connectivity index (χ0) is 25.6. The molecule has 0 saturated carbocycles. The molecule has 0 radical (unpaired) electrons. The van der Waals surface area contributed by atoms with Crippen LogP contribution in [-0.2, 0) is 5.88 Å². The summed E-state index contributed by atoms with van der Waals surface area (Å²) in [6, 6.07) is 45.2. The Morgan fingerprint density at radius 2 is 1.05 bits per heavy atom. The fourth-order valence-electron chi connectivity index (χ4n) is 4.53. The third-order valence-corrected chi connectivity index (χ3v) is 6.77. The summed E-state index contributed by atoms with van der Waals surface area (Å²) in [5, 5.41) is 9.51. The van der Waals surface area contributed by atoms with E-state index >= 15 is 0 Å². The van der Waals surface area contributed by atoms with E-state index in [-0.39, 0.29) is 0 Å². The van der Waals surface area contributed by atoms with Gasteiger partial charge in [0.2, 0.25) is 5.96 Å². The van der Waals surface area contributed by atoms with Gasteiger partial charge in [0.05, 0.1) is 11.4 Å². The molecule has 0 aliphatic rings. The second kappa shape index (κ2) is 11.2. The third-order valence-electron chi connectivity index (χ3n) is 6.46. The number of anilines is 3. The average Bonchev–Trinajstić information content (AvgIpc) is 2.98. The Bertz CT molecular complexity index is 1480. The van der Waals surface area contributed by atoms with Crippen LogP contribution < -0.4 is 9.80 Å². The largest absolute Gasteiger partial charge is 0.315 e. The molecular weight excluding hydrogens is 474 g/mol. The highest BCUT2D eigenvalue weighted by Crippen LogP contribution is 2.38. The van der Waals surface area contributed by atoms with Gasteiger partial charge in [0.25, 0.3) is 0 Å². The van der Waals surface area contributed by atoms with Crippen LogP contribution in [0.25, 0.3) is 22.3 Å². The minimum atomic E-state index is 0.338. The first-order chi connectivity index (χ1) is 18.2. The summed E-state index contributed by atoms with van der Waals surface area (Å²) in [7, 11) is 1.95. The molecule has 3 nitrogen and oxygen atoms in total. The molecule has 37 heavy (non-hydrogen) atoms. The molecule has 5 aromatic rings. The zero-order valence-corrected chi connectivity index (χ0v) is 21.4. The molecule has 0 spiro atoms. The van der Waals surface area contributed by atoms with Crippen LogP contribution in [0.4, 0.5) is 17.1 Å². The van der Waals surface area contributed by atoms with E-state index in [2.05, 4.69) is 48.5 Å². The summed E-state index contributed by atoms with van der Waals surface area (Å²) in [4.78, 5) is 3.95. The van der Waals surface area contributed by atoms with E-state index in [9.17, 15) is 5.41 Å². The quantitative estimate of drug-likeness (QED) is 0.143. The van der Waals surface area contributed by atoms with Crippen LogP contribution in [0.1, 0.15) is 5.56 Å². The van der Waals surface area contributed by atoms with Crippen molar-refractivity contribution in [1.29, 1.82) is 5.41 Å². The fraction of sp³-hybridized carbons (Fsp3) is 0.0606. The summed E-state index contributed by atoms with van der Waals surface area (Å²) in [6.45, 7) is 0. The minimum absolute atomic E-state index is 0.338. The van der Waals surface area contributed by atoms with Crippen molar-refractivity contribution in [2.24, 2.45) is 0 Å². The zero-order valence-electron chi connectivity index (χ0n) is 20.7. The predicted octanol–water partition coefficient (Wildman–Crippen LogP) is 8.97. The van der Waals surface area contributed by atoms with Crippen LogP contribution in [0.5, 0.6) is 0 Å². The van der Waals surface area contributed by atoms with Gasteiger partial charge in [-0.3, -0.25) is 10.3 Å². The van der Waals surface area contributed by atoms with Gasteiger partial charge in [-0.1, -0.05) is 109 Å². The maximum Gasteiger partial charge on any atom is 0.207 e. The Kier molecular flexibility index (Phi) is 7.34. The second-order valence-electron chi connectivity index (χ2n) is 8.78. The summed E-state index contributed by atoms with van der Waals surface area (Å²) < 4.78 is 0. The van der Waals surface area contributed by atoms with Crippen molar-refractivity contribution < 1.29 is 0 Å². The Balaban J connectivity index is 1.64. The monoisotopic (exact) mass is 501 g/mol. The van der Waals surface area contributed by atoms with Crippen molar-refractivity contribution in [3.05, 3.63) is 139 Å². The molecule has 0 saturated heterocycles. The molecule has 0 fully saturated rings. The van der Waals surface area contributed by atoms with Crippen LogP contribution in [0.2, 0.25) is 0 Å². The first-order valence-electron chi connectivity index (χ1n) is 12.2. The summed E-state index contributed by atoms with van der Waals surface area (Å²) in [5.41, 5.74) is 8.16. The van der Waals surface area contributed by atoms with Gasteiger partial charge in [-0.05, 0) is 41.0 Å². The summed E-state index contributed by atoms with van der Waals surface area (Å²) in [5.74, 6) is 0.785. The van der Waals surface area contributed by atoms with Crippen molar-refractivity contribution in [2.75, 3.05) is 16.8 Å². The molecule has 5 rings (SSSR count). The highest BCUT2D eigenvalue weighted by molar-refractivity contribution is 6.17. The fourth-order valence-corrected chi connectivity index (χ4v) is 4.71. The maximum atomic E-state index is 9.51. The Labute approximate surface area is 223 Å². The van der Waals surface area contributed by atoms with Crippen LogP contribution in [-0.4, -0.2) is 13.0 Å². The number of alkyl halides is 1. The molecule has 0 aliphatic heterocycles. The lowest BCUT2D eigenvalue weighted by Crippen LogP contribution is -2.39. The SMILES string of the molecule is CN(C(=N)N(c1ccc(CCl)cc1)c1ccccc1-c1ccccc1)c1ccccc1-c1ccccc1. The van der Waals surface area contributed by atoms with Gasteiger partial charge >= 0.3 is 0 Å². The molecule has 0 bridgehead atoms. The van der Waals surface area contributed by atoms with Gasteiger partial charge in [-0.15, -0.1) is 11.6 Å². The van der Waals surface area contributed by atoms with Gasteiger partial charge in [0, 0.05) is 29.7 Å². The molecule has 4 heteroatoms. The normalized spacial score (nSPS) is 10.6. The van der Waals surface area contributed by atoms with Crippen molar-refractivity contribution in [3.8, 4) is 22.3 Å². The van der Waals surface area contributed by atoms with Gasteiger partial charge < -0.3 is 4.90 Å². The number of halogens is 1. The molecule has 0 unspecified atom stereocenters. The molecular formula is C33H28ClN3. The first-order valence-corrected chi connectivity index (χ1v) is 12.8. The van der Waals surface area contributed by atoms with Gasteiger partial charge in [0.1, 0.15) is 0 Å². The van der Waals surface area contributed by atoms with E-state index in [4.69, 9.17) is 11.6 Å². The number of hydrogen-bond acceptors (Lipinski definition) is 1. The molecule has 0 amide bonds. The highest BCUT2D eigenvalue weighted by atomic mass is 35.5. The van der Waals surface area contributed by atoms with Gasteiger partial charge in [0.15, 0.2) is 0 Å². The maximum absolute atomic E-state index is 9.51. The topological polar surface area (TPSA) is 30.3 Å². The lowest BCUT2D eigenvalue weighted by atomic mass is 10.0. The Morgan fingerprint density at radius 3 is 1.59 bits per heavy atom. The van der Waals surface area contributed by atoms with Crippen LogP contribution in [0.15, 0.2) is 133 Å². The second-order valence-corrected chi connectivity index (χ2v) is 9.05. The Morgan fingerprint density at radius 1 is 0.595 bits per heavy atom. The number of hydrogen-bond donors (Lipinski definition) is 1. The van der Waals surface area contributed by atoms with Gasteiger partial charge in [-0.25, -0.2) is 0 Å². The van der Waals surface area contributed by atoms with Gasteiger partial charge in [-0.2, -0.15) is 0 Å². The molecule has 182 valence electrons. The Hall–Kier alpha value is -4.34. The van der Waals surface area contributed by atoms with E-state index in [1.165, 1.54) is 0 Å². The van der Waals surface area contributed by atoms with Crippen LogP contribution in [0, 0.1) is 5.41 Å². The lowest BCUT2D eigenvalue weighted by Gasteiger charge is -2.33.